The van der Waals surface area contributed by atoms with E-state index in [0.717, 1.165) is 5.56 Å². The Morgan fingerprint density at radius 1 is 1.17 bits per heavy atom. The van der Waals surface area contributed by atoms with Gasteiger partial charge in [0.15, 0.2) is 0 Å². The van der Waals surface area contributed by atoms with E-state index < -0.39 is 16.1 Å². The summed E-state index contributed by atoms with van der Waals surface area (Å²) in [6.45, 7) is 1.01. The molecule has 2 aliphatic heterocycles. The molecule has 2 atom stereocenters. The number of nitrogens with zero attached hydrogens (tertiary/aromatic N) is 3. The molecule has 0 unspecified atom stereocenters. The Labute approximate surface area is 170 Å². The van der Waals surface area contributed by atoms with E-state index >= 15 is 0 Å². The molecule has 2 aliphatic rings. The van der Waals surface area contributed by atoms with Gasteiger partial charge in [-0.1, -0.05) is 12.1 Å². The van der Waals surface area contributed by atoms with Crippen molar-refractivity contribution in [2.45, 2.75) is 18.7 Å². The van der Waals surface area contributed by atoms with E-state index in [-0.39, 0.29) is 30.9 Å². The van der Waals surface area contributed by atoms with Crippen molar-refractivity contribution >= 4 is 15.9 Å². The van der Waals surface area contributed by atoms with Crippen LogP contribution in [0.1, 0.15) is 15.9 Å². The van der Waals surface area contributed by atoms with Gasteiger partial charge in [0.2, 0.25) is 10.0 Å². The fourth-order valence-electron chi connectivity index (χ4n) is 3.79. The molecule has 3 heterocycles. The lowest BCUT2D eigenvalue weighted by molar-refractivity contribution is 0.0445. The van der Waals surface area contributed by atoms with Crippen molar-refractivity contribution in [3.8, 4) is 5.75 Å². The third-order valence-electron chi connectivity index (χ3n) is 5.35. The van der Waals surface area contributed by atoms with Gasteiger partial charge in [0.25, 0.3) is 5.91 Å². The summed E-state index contributed by atoms with van der Waals surface area (Å²) in [7, 11) is -1.93. The van der Waals surface area contributed by atoms with Crippen LogP contribution < -0.4 is 4.74 Å². The lowest BCUT2D eigenvalue weighted by Crippen LogP contribution is -2.45. The predicted octanol–water partition coefficient (Wildman–Crippen LogP) is 1.15. The van der Waals surface area contributed by atoms with Gasteiger partial charge in [0, 0.05) is 37.6 Å². The number of hydrogen-bond acceptors (Lipinski definition) is 6. The SMILES string of the molecule is COc1ccc(CN2[C@@H]3CN(C(=O)c4ccncc4)C[C@@H]3OCCS2(=O)=O)cc1. The number of hydrogen-bond donors (Lipinski definition) is 0. The van der Waals surface area contributed by atoms with Crippen LogP contribution >= 0.6 is 0 Å². The van der Waals surface area contributed by atoms with Gasteiger partial charge in [-0.3, -0.25) is 9.78 Å². The minimum absolute atomic E-state index is 0.0611. The third-order valence-corrected chi connectivity index (χ3v) is 7.15. The Morgan fingerprint density at radius 2 is 1.90 bits per heavy atom. The number of methoxy groups -OCH3 is 1. The standard InChI is InChI=1S/C20H23N3O5S/c1-27-17-4-2-15(3-5-17)12-23-18-13-22(20(24)16-6-8-21-9-7-16)14-19(18)28-10-11-29(23,25)26/h2-9,18-19H,10-14H2,1H3/t18-,19+/m1/s1. The third kappa shape index (κ3) is 4.12. The van der Waals surface area contributed by atoms with Crippen molar-refractivity contribution in [3.05, 3.63) is 59.9 Å². The van der Waals surface area contributed by atoms with Crippen LogP contribution in [0.4, 0.5) is 0 Å². The van der Waals surface area contributed by atoms with Gasteiger partial charge < -0.3 is 14.4 Å². The van der Waals surface area contributed by atoms with Gasteiger partial charge in [-0.25, -0.2) is 8.42 Å². The first-order valence-electron chi connectivity index (χ1n) is 9.41. The summed E-state index contributed by atoms with van der Waals surface area (Å²) in [4.78, 5) is 18.4. The molecule has 8 nitrogen and oxygen atoms in total. The summed E-state index contributed by atoms with van der Waals surface area (Å²) in [6.07, 6.45) is 2.78. The normalized spacial score (nSPS) is 24.0. The molecule has 1 aromatic carbocycles. The minimum atomic E-state index is -3.51. The first-order chi connectivity index (χ1) is 14.0. The Bertz CT molecular complexity index is 965. The van der Waals surface area contributed by atoms with Gasteiger partial charge in [-0.15, -0.1) is 0 Å². The summed E-state index contributed by atoms with van der Waals surface area (Å²) in [5.74, 6) is 0.503. The maximum atomic E-state index is 12.9. The molecule has 1 amide bonds. The lowest BCUT2D eigenvalue weighted by Gasteiger charge is -2.28. The van der Waals surface area contributed by atoms with Crippen molar-refractivity contribution in [2.24, 2.45) is 0 Å². The van der Waals surface area contributed by atoms with Gasteiger partial charge in [-0.05, 0) is 29.8 Å². The number of fused-ring (bicyclic) bond motifs is 1. The average molecular weight is 417 g/mol. The number of sulfonamides is 1. The van der Waals surface area contributed by atoms with Gasteiger partial charge in [0.05, 0.1) is 31.6 Å². The van der Waals surface area contributed by atoms with Crippen molar-refractivity contribution in [1.82, 2.24) is 14.2 Å². The zero-order chi connectivity index (χ0) is 20.4. The van der Waals surface area contributed by atoms with Crippen LogP contribution in [-0.2, 0) is 21.3 Å². The summed E-state index contributed by atoms with van der Waals surface area (Å²) in [5, 5.41) is 0. The molecule has 0 N–H and O–H groups in total. The van der Waals surface area contributed by atoms with E-state index in [1.165, 1.54) is 4.31 Å². The first kappa shape index (κ1) is 19.8. The quantitative estimate of drug-likeness (QED) is 0.741. The van der Waals surface area contributed by atoms with Gasteiger partial charge in [0.1, 0.15) is 5.75 Å². The summed E-state index contributed by atoms with van der Waals surface area (Å²) in [5.41, 5.74) is 1.38. The highest BCUT2D eigenvalue weighted by Gasteiger charge is 2.45. The van der Waals surface area contributed by atoms with Crippen LogP contribution in [0.5, 0.6) is 5.75 Å². The largest absolute Gasteiger partial charge is 0.497 e. The van der Waals surface area contributed by atoms with Crippen LogP contribution in [0, 0.1) is 0 Å². The molecule has 4 rings (SSSR count). The summed E-state index contributed by atoms with van der Waals surface area (Å²) < 4.78 is 38.4. The Balaban J connectivity index is 1.58. The van der Waals surface area contributed by atoms with Crippen LogP contribution in [-0.4, -0.2) is 73.2 Å². The van der Waals surface area contributed by atoms with Crippen LogP contribution in [0.15, 0.2) is 48.8 Å². The zero-order valence-corrected chi connectivity index (χ0v) is 16.9. The van der Waals surface area contributed by atoms with E-state index in [1.807, 2.05) is 24.3 Å². The van der Waals surface area contributed by atoms with Crippen LogP contribution in [0.3, 0.4) is 0 Å². The number of carbonyl (C=O) groups is 1. The topological polar surface area (TPSA) is 89.0 Å². The van der Waals surface area contributed by atoms with E-state index in [2.05, 4.69) is 4.98 Å². The molecule has 0 aliphatic carbocycles. The van der Waals surface area contributed by atoms with Gasteiger partial charge in [-0.2, -0.15) is 4.31 Å². The summed E-state index contributed by atoms with van der Waals surface area (Å²) in [6, 6.07) is 10.2. The second kappa shape index (κ2) is 8.10. The Kier molecular flexibility index (Phi) is 5.53. The molecule has 0 radical (unpaired) electrons. The van der Waals surface area contributed by atoms with Crippen LogP contribution in [0.2, 0.25) is 0 Å². The highest BCUT2D eigenvalue weighted by molar-refractivity contribution is 7.89. The number of benzene rings is 1. The Hall–Kier alpha value is -2.49. The van der Waals surface area contributed by atoms with E-state index in [4.69, 9.17) is 9.47 Å². The number of pyridine rings is 1. The molecule has 9 heteroatoms. The van der Waals surface area contributed by atoms with Crippen molar-refractivity contribution < 1.29 is 22.7 Å². The van der Waals surface area contributed by atoms with Gasteiger partial charge >= 0.3 is 0 Å². The maximum Gasteiger partial charge on any atom is 0.254 e. The number of amides is 1. The summed E-state index contributed by atoms with van der Waals surface area (Å²) >= 11 is 0. The highest BCUT2D eigenvalue weighted by atomic mass is 32.2. The second-order valence-corrected chi connectivity index (χ2v) is 9.17. The maximum absolute atomic E-state index is 12.9. The molecule has 0 spiro atoms. The van der Waals surface area contributed by atoms with Crippen LogP contribution in [0.25, 0.3) is 0 Å². The number of rotatable bonds is 4. The molecule has 2 saturated heterocycles. The average Bonchev–Trinajstić information content (AvgIpc) is 3.11. The minimum Gasteiger partial charge on any atom is -0.497 e. The molecular weight excluding hydrogens is 394 g/mol. The number of carbonyl (C=O) groups excluding carboxylic acids is 1. The zero-order valence-electron chi connectivity index (χ0n) is 16.1. The lowest BCUT2D eigenvalue weighted by atomic mass is 10.1. The van der Waals surface area contributed by atoms with E-state index in [1.54, 1.807) is 36.5 Å². The molecule has 154 valence electrons. The highest BCUT2D eigenvalue weighted by Crippen LogP contribution is 2.28. The molecule has 0 bridgehead atoms. The smallest absolute Gasteiger partial charge is 0.254 e. The molecular formula is C20H23N3O5S. The first-order valence-corrected chi connectivity index (χ1v) is 11.0. The fraction of sp³-hybridized carbons (Fsp3) is 0.400. The van der Waals surface area contributed by atoms with Crippen molar-refractivity contribution in [1.29, 1.82) is 0 Å². The fourth-order valence-corrected chi connectivity index (χ4v) is 5.30. The van der Waals surface area contributed by atoms with Crippen molar-refractivity contribution in [2.75, 3.05) is 32.6 Å². The monoisotopic (exact) mass is 417 g/mol. The molecule has 2 fully saturated rings. The molecule has 1 aromatic heterocycles. The molecule has 0 saturated carbocycles. The Morgan fingerprint density at radius 3 is 2.59 bits per heavy atom. The molecule has 29 heavy (non-hydrogen) atoms. The van der Waals surface area contributed by atoms with E-state index in [9.17, 15) is 13.2 Å². The number of aromatic nitrogens is 1. The number of likely N-dealkylation sites (tertiary alicyclic amines) is 1. The predicted molar refractivity (Wildman–Crippen MR) is 106 cm³/mol. The van der Waals surface area contributed by atoms with E-state index in [0.29, 0.717) is 24.4 Å². The molecule has 2 aromatic rings. The number of ether oxygens (including phenoxy) is 2. The second-order valence-electron chi connectivity index (χ2n) is 7.13. The van der Waals surface area contributed by atoms with Crippen molar-refractivity contribution in [3.63, 3.8) is 0 Å².